The van der Waals surface area contributed by atoms with Crippen molar-refractivity contribution in [3.8, 4) is 0 Å². The van der Waals surface area contributed by atoms with E-state index in [0.717, 1.165) is 11.4 Å². The lowest BCUT2D eigenvalue weighted by atomic mass is 10.0. The van der Waals surface area contributed by atoms with Gasteiger partial charge in [0, 0.05) is 31.7 Å². The van der Waals surface area contributed by atoms with Crippen molar-refractivity contribution in [1.82, 2.24) is 19.8 Å². The summed E-state index contributed by atoms with van der Waals surface area (Å²) in [5, 5.41) is 3.85. The van der Waals surface area contributed by atoms with Crippen LogP contribution in [0.1, 0.15) is 30.4 Å². The van der Waals surface area contributed by atoms with Crippen molar-refractivity contribution in [2.45, 2.75) is 25.6 Å². The fraction of sp³-hybridized carbons (Fsp3) is 0.421. The Morgan fingerprint density at radius 3 is 2.89 bits per heavy atom. The molecule has 0 radical (unpaired) electrons. The Morgan fingerprint density at radius 2 is 2.19 bits per heavy atom. The van der Waals surface area contributed by atoms with Crippen LogP contribution in [-0.4, -0.2) is 52.4 Å². The topological polar surface area (TPSA) is 68.6 Å². The normalized spacial score (nSPS) is 19.2. The quantitative estimate of drug-likeness (QED) is 0.548. The molecule has 8 heteroatoms. The third-order valence-corrected chi connectivity index (χ3v) is 4.86. The standard InChI is InChI=1S/C19H24N4O3S/c1-3-26-16(24)13-23-18(15-8-6-10-22(15)11-12-25-2)17(21-19(23)27)14-7-4-5-9-20-14/h4-10,17-18H,3,11-13H2,1-2H3,(H,21,27)/t17-,18+/m1/s1. The van der Waals surface area contributed by atoms with Gasteiger partial charge in [-0.05, 0) is 43.4 Å². The molecule has 0 amide bonds. The second kappa shape index (κ2) is 8.96. The molecule has 1 N–H and O–H groups in total. The van der Waals surface area contributed by atoms with Gasteiger partial charge < -0.3 is 24.3 Å². The summed E-state index contributed by atoms with van der Waals surface area (Å²) in [5.41, 5.74) is 1.91. The minimum absolute atomic E-state index is 0.0864. The summed E-state index contributed by atoms with van der Waals surface area (Å²) >= 11 is 5.55. The average Bonchev–Trinajstić information content (AvgIpc) is 3.25. The van der Waals surface area contributed by atoms with Crippen LogP contribution in [0.3, 0.4) is 0 Å². The number of esters is 1. The molecule has 2 aromatic rings. The summed E-state index contributed by atoms with van der Waals surface area (Å²) in [6.45, 7) is 3.53. The number of nitrogens with one attached hydrogen (secondary N) is 1. The van der Waals surface area contributed by atoms with Crippen LogP contribution >= 0.6 is 12.2 Å². The van der Waals surface area contributed by atoms with E-state index in [1.807, 2.05) is 41.4 Å². The highest BCUT2D eigenvalue weighted by Gasteiger charge is 2.42. The summed E-state index contributed by atoms with van der Waals surface area (Å²) < 4.78 is 12.5. The summed E-state index contributed by atoms with van der Waals surface area (Å²) in [6.07, 6.45) is 3.77. The van der Waals surface area contributed by atoms with Crippen LogP contribution in [0, 0.1) is 0 Å². The number of rotatable bonds is 8. The Balaban J connectivity index is 1.96. The molecule has 0 aromatic carbocycles. The molecule has 27 heavy (non-hydrogen) atoms. The fourth-order valence-corrected chi connectivity index (χ4v) is 3.64. The highest BCUT2D eigenvalue weighted by Crippen LogP contribution is 2.38. The van der Waals surface area contributed by atoms with Gasteiger partial charge in [0.05, 0.1) is 31.0 Å². The van der Waals surface area contributed by atoms with Gasteiger partial charge in [-0.25, -0.2) is 0 Å². The molecule has 3 heterocycles. The van der Waals surface area contributed by atoms with E-state index >= 15 is 0 Å². The lowest BCUT2D eigenvalue weighted by Gasteiger charge is -2.28. The molecule has 0 unspecified atom stereocenters. The Hall–Kier alpha value is -2.45. The van der Waals surface area contributed by atoms with Crippen LogP contribution in [-0.2, 0) is 20.8 Å². The third kappa shape index (κ3) is 4.28. The van der Waals surface area contributed by atoms with E-state index in [1.165, 1.54) is 0 Å². The molecule has 1 fully saturated rings. The highest BCUT2D eigenvalue weighted by atomic mass is 32.1. The largest absolute Gasteiger partial charge is 0.465 e. The van der Waals surface area contributed by atoms with Crippen molar-refractivity contribution in [1.29, 1.82) is 0 Å². The van der Waals surface area contributed by atoms with Crippen molar-refractivity contribution in [3.63, 3.8) is 0 Å². The molecule has 1 aliphatic rings. The number of pyridine rings is 1. The van der Waals surface area contributed by atoms with E-state index in [-0.39, 0.29) is 24.6 Å². The predicted octanol–water partition coefficient (Wildman–Crippen LogP) is 2.07. The second-order valence-corrected chi connectivity index (χ2v) is 6.57. The Labute approximate surface area is 164 Å². The maximum atomic E-state index is 12.2. The number of ether oxygens (including phenoxy) is 2. The minimum atomic E-state index is -0.302. The highest BCUT2D eigenvalue weighted by molar-refractivity contribution is 7.80. The zero-order chi connectivity index (χ0) is 19.2. The lowest BCUT2D eigenvalue weighted by molar-refractivity contribution is -0.143. The monoisotopic (exact) mass is 388 g/mol. The Morgan fingerprint density at radius 1 is 1.33 bits per heavy atom. The van der Waals surface area contributed by atoms with Crippen molar-refractivity contribution in [2.24, 2.45) is 0 Å². The zero-order valence-electron chi connectivity index (χ0n) is 15.5. The number of carbonyl (C=O) groups excluding carboxylic acids is 1. The van der Waals surface area contributed by atoms with E-state index in [0.29, 0.717) is 24.9 Å². The second-order valence-electron chi connectivity index (χ2n) is 6.18. The lowest BCUT2D eigenvalue weighted by Crippen LogP contribution is -2.36. The number of methoxy groups -OCH3 is 1. The SMILES string of the molecule is CCOC(=O)CN1C(=S)N[C@H](c2ccccn2)[C@@H]1c1cccn1CCOC. The zero-order valence-corrected chi connectivity index (χ0v) is 16.3. The molecule has 0 bridgehead atoms. The first-order chi connectivity index (χ1) is 13.2. The number of carbonyl (C=O) groups is 1. The van der Waals surface area contributed by atoms with Crippen molar-refractivity contribution < 1.29 is 14.3 Å². The van der Waals surface area contributed by atoms with Crippen LogP contribution in [0.4, 0.5) is 0 Å². The van der Waals surface area contributed by atoms with Gasteiger partial charge in [0.2, 0.25) is 0 Å². The van der Waals surface area contributed by atoms with Crippen LogP contribution in [0.2, 0.25) is 0 Å². The van der Waals surface area contributed by atoms with E-state index in [4.69, 9.17) is 21.7 Å². The molecule has 0 saturated carbocycles. The van der Waals surface area contributed by atoms with Gasteiger partial charge in [0.25, 0.3) is 0 Å². The maximum Gasteiger partial charge on any atom is 0.325 e. The number of hydrogen-bond acceptors (Lipinski definition) is 5. The van der Waals surface area contributed by atoms with Crippen molar-refractivity contribution in [3.05, 3.63) is 54.1 Å². The van der Waals surface area contributed by atoms with Crippen molar-refractivity contribution in [2.75, 3.05) is 26.9 Å². The average molecular weight is 388 g/mol. The molecule has 144 valence electrons. The Kier molecular flexibility index (Phi) is 6.41. The molecule has 0 aliphatic carbocycles. The van der Waals surface area contributed by atoms with Gasteiger partial charge >= 0.3 is 5.97 Å². The first kappa shape index (κ1) is 19.3. The molecule has 2 atom stereocenters. The van der Waals surface area contributed by atoms with Crippen molar-refractivity contribution >= 4 is 23.3 Å². The predicted molar refractivity (Wildman–Crippen MR) is 105 cm³/mol. The van der Waals surface area contributed by atoms with E-state index in [2.05, 4.69) is 14.9 Å². The molecule has 1 aliphatic heterocycles. The third-order valence-electron chi connectivity index (χ3n) is 4.51. The Bertz CT molecular complexity index is 780. The van der Waals surface area contributed by atoms with Gasteiger partial charge in [-0.2, -0.15) is 0 Å². The van der Waals surface area contributed by atoms with Gasteiger partial charge in [-0.3, -0.25) is 9.78 Å². The molecular weight excluding hydrogens is 364 g/mol. The maximum absolute atomic E-state index is 12.2. The van der Waals surface area contributed by atoms with Crippen LogP contribution < -0.4 is 5.32 Å². The van der Waals surface area contributed by atoms with E-state index in [1.54, 1.807) is 20.2 Å². The van der Waals surface area contributed by atoms with E-state index in [9.17, 15) is 4.79 Å². The number of nitrogens with zero attached hydrogens (tertiary/aromatic N) is 3. The van der Waals surface area contributed by atoms with Crippen LogP contribution in [0.15, 0.2) is 42.7 Å². The van der Waals surface area contributed by atoms with Crippen LogP contribution in [0.5, 0.6) is 0 Å². The summed E-state index contributed by atoms with van der Waals surface area (Å²) in [4.78, 5) is 18.5. The summed E-state index contributed by atoms with van der Waals surface area (Å²) in [6, 6.07) is 9.48. The van der Waals surface area contributed by atoms with Gasteiger partial charge in [-0.1, -0.05) is 6.07 Å². The number of hydrogen-bond donors (Lipinski definition) is 1. The first-order valence-corrected chi connectivity index (χ1v) is 9.34. The number of aromatic nitrogens is 2. The molecule has 2 aromatic heterocycles. The summed E-state index contributed by atoms with van der Waals surface area (Å²) in [5.74, 6) is -0.302. The molecule has 0 spiro atoms. The molecule has 7 nitrogen and oxygen atoms in total. The smallest absolute Gasteiger partial charge is 0.325 e. The van der Waals surface area contributed by atoms with Gasteiger partial charge in [0.15, 0.2) is 5.11 Å². The first-order valence-electron chi connectivity index (χ1n) is 8.93. The van der Waals surface area contributed by atoms with E-state index < -0.39 is 0 Å². The number of thiocarbonyl (C=S) groups is 1. The summed E-state index contributed by atoms with van der Waals surface area (Å²) in [7, 11) is 1.68. The van der Waals surface area contributed by atoms with Crippen LogP contribution in [0.25, 0.3) is 0 Å². The molecule has 3 rings (SSSR count). The fourth-order valence-electron chi connectivity index (χ4n) is 3.33. The van der Waals surface area contributed by atoms with Gasteiger partial charge in [0.1, 0.15) is 6.54 Å². The minimum Gasteiger partial charge on any atom is -0.465 e. The van der Waals surface area contributed by atoms with Gasteiger partial charge in [-0.15, -0.1) is 0 Å². The molecule has 1 saturated heterocycles. The molecular formula is C19H24N4O3S.